The quantitative estimate of drug-likeness (QED) is 0.790. The zero-order valence-electron chi connectivity index (χ0n) is 16.4. The number of benzene rings is 1. The fourth-order valence-electron chi connectivity index (χ4n) is 3.80. The Bertz CT molecular complexity index is 616. The summed E-state index contributed by atoms with van der Waals surface area (Å²) in [6.07, 6.45) is 5.13. The predicted molar refractivity (Wildman–Crippen MR) is 105 cm³/mol. The molecule has 1 aromatic carbocycles. The van der Waals surface area contributed by atoms with E-state index in [9.17, 15) is 9.59 Å². The van der Waals surface area contributed by atoms with Crippen LogP contribution in [0.15, 0.2) is 24.3 Å². The molecule has 2 amide bonds. The monoisotopic (exact) mass is 373 g/mol. The second-order valence-electron chi connectivity index (χ2n) is 7.48. The molecule has 6 nitrogen and oxygen atoms in total. The largest absolute Gasteiger partial charge is 0.497 e. The smallest absolute Gasteiger partial charge is 0.236 e. The fraction of sp³-hybridized carbons (Fsp3) is 0.619. The van der Waals surface area contributed by atoms with Gasteiger partial charge in [-0.25, -0.2) is 0 Å². The van der Waals surface area contributed by atoms with Gasteiger partial charge >= 0.3 is 0 Å². The molecule has 2 saturated heterocycles. The van der Waals surface area contributed by atoms with E-state index in [1.54, 1.807) is 7.11 Å². The first-order valence-electron chi connectivity index (χ1n) is 10.1. The van der Waals surface area contributed by atoms with Gasteiger partial charge in [0, 0.05) is 39.3 Å². The van der Waals surface area contributed by atoms with E-state index in [2.05, 4.69) is 4.90 Å². The normalized spacial score (nSPS) is 18.9. The third kappa shape index (κ3) is 5.70. The average Bonchev–Trinajstić information content (AvgIpc) is 2.99. The van der Waals surface area contributed by atoms with E-state index < -0.39 is 0 Å². The number of hydrogen-bond donors (Lipinski definition) is 0. The van der Waals surface area contributed by atoms with E-state index in [0.29, 0.717) is 26.1 Å². The van der Waals surface area contributed by atoms with Gasteiger partial charge < -0.3 is 14.5 Å². The minimum Gasteiger partial charge on any atom is -0.497 e. The molecule has 0 N–H and O–H groups in total. The van der Waals surface area contributed by atoms with Crippen molar-refractivity contribution in [3.05, 3.63) is 29.8 Å². The summed E-state index contributed by atoms with van der Waals surface area (Å²) in [6, 6.07) is 7.64. The van der Waals surface area contributed by atoms with Crippen LogP contribution < -0.4 is 4.74 Å². The van der Waals surface area contributed by atoms with E-state index in [0.717, 1.165) is 50.3 Å². The molecule has 0 atom stereocenters. The number of carbonyl (C=O) groups is 2. The van der Waals surface area contributed by atoms with Crippen molar-refractivity contribution in [2.75, 3.05) is 52.9 Å². The second kappa shape index (κ2) is 9.74. The summed E-state index contributed by atoms with van der Waals surface area (Å²) in [4.78, 5) is 31.2. The highest BCUT2D eigenvalue weighted by molar-refractivity contribution is 5.79. The Kier molecular flexibility index (Phi) is 7.10. The third-order valence-electron chi connectivity index (χ3n) is 5.56. The lowest BCUT2D eigenvalue weighted by molar-refractivity contribution is -0.134. The number of nitrogens with zero attached hydrogens (tertiary/aromatic N) is 3. The van der Waals surface area contributed by atoms with E-state index in [1.165, 1.54) is 12.8 Å². The van der Waals surface area contributed by atoms with Crippen LogP contribution in [-0.4, -0.2) is 79.4 Å². The SMILES string of the molecule is COc1ccc(CC(=O)N2CCN(CC(=O)N3CCCCCC3)CC2)cc1. The van der Waals surface area contributed by atoms with Crippen LogP contribution >= 0.6 is 0 Å². The molecule has 0 bridgehead atoms. The first-order valence-corrected chi connectivity index (χ1v) is 10.1. The molecule has 2 fully saturated rings. The molecule has 0 saturated carbocycles. The highest BCUT2D eigenvalue weighted by atomic mass is 16.5. The zero-order chi connectivity index (χ0) is 19.1. The molecule has 27 heavy (non-hydrogen) atoms. The zero-order valence-corrected chi connectivity index (χ0v) is 16.4. The number of carbonyl (C=O) groups excluding carboxylic acids is 2. The summed E-state index contributed by atoms with van der Waals surface area (Å²) in [5, 5.41) is 0. The average molecular weight is 373 g/mol. The van der Waals surface area contributed by atoms with Gasteiger partial charge in [0.05, 0.1) is 20.1 Å². The summed E-state index contributed by atoms with van der Waals surface area (Å²) in [5.74, 6) is 1.20. The number of methoxy groups -OCH3 is 1. The lowest BCUT2D eigenvalue weighted by atomic mass is 10.1. The van der Waals surface area contributed by atoms with Gasteiger partial charge in [-0.05, 0) is 30.5 Å². The van der Waals surface area contributed by atoms with E-state index in [4.69, 9.17) is 4.74 Å². The number of likely N-dealkylation sites (tertiary alicyclic amines) is 1. The number of amides is 2. The highest BCUT2D eigenvalue weighted by Gasteiger charge is 2.24. The number of rotatable bonds is 5. The van der Waals surface area contributed by atoms with Crippen molar-refractivity contribution in [3.8, 4) is 5.75 Å². The Labute approximate surface area is 162 Å². The molecular formula is C21H31N3O3. The first-order chi connectivity index (χ1) is 13.2. The van der Waals surface area contributed by atoms with Crippen LogP contribution in [0.4, 0.5) is 0 Å². The summed E-state index contributed by atoms with van der Waals surface area (Å²) < 4.78 is 5.15. The van der Waals surface area contributed by atoms with Crippen molar-refractivity contribution < 1.29 is 14.3 Å². The molecule has 0 unspecified atom stereocenters. The lowest BCUT2D eigenvalue weighted by Crippen LogP contribution is -2.52. The highest BCUT2D eigenvalue weighted by Crippen LogP contribution is 2.14. The maximum Gasteiger partial charge on any atom is 0.236 e. The van der Waals surface area contributed by atoms with Crippen LogP contribution in [0.25, 0.3) is 0 Å². The standard InChI is InChI=1S/C21H31N3O3/c1-27-19-8-6-18(7-9-19)16-20(25)24-14-12-22(13-15-24)17-21(26)23-10-4-2-3-5-11-23/h6-9H,2-5,10-17H2,1H3. The minimum absolute atomic E-state index is 0.152. The van der Waals surface area contributed by atoms with Gasteiger partial charge in [0.2, 0.25) is 11.8 Å². The van der Waals surface area contributed by atoms with Crippen molar-refractivity contribution in [1.82, 2.24) is 14.7 Å². The van der Waals surface area contributed by atoms with E-state index in [-0.39, 0.29) is 11.8 Å². The molecule has 2 aliphatic rings. The molecule has 0 radical (unpaired) electrons. The van der Waals surface area contributed by atoms with Gasteiger partial charge in [-0.3, -0.25) is 14.5 Å². The van der Waals surface area contributed by atoms with E-state index in [1.807, 2.05) is 34.1 Å². The summed E-state index contributed by atoms with van der Waals surface area (Å²) >= 11 is 0. The van der Waals surface area contributed by atoms with Gasteiger partial charge in [-0.2, -0.15) is 0 Å². The maximum atomic E-state index is 12.5. The van der Waals surface area contributed by atoms with Gasteiger partial charge in [0.1, 0.15) is 5.75 Å². The second-order valence-corrected chi connectivity index (χ2v) is 7.48. The van der Waals surface area contributed by atoms with Gasteiger partial charge in [-0.15, -0.1) is 0 Å². The number of hydrogen-bond acceptors (Lipinski definition) is 4. The topological polar surface area (TPSA) is 53.1 Å². The summed E-state index contributed by atoms with van der Waals surface area (Å²) in [7, 11) is 1.64. The maximum absolute atomic E-state index is 12.5. The van der Waals surface area contributed by atoms with Crippen molar-refractivity contribution in [3.63, 3.8) is 0 Å². The molecule has 0 aliphatic carbocycles. The molecule has 1 aromatic rings. The molecule has 148 valence electrons. The van der Waals surface area contributed by atoms with Crippen LogP contribution in [-0.2, 0) is 16.0 Å². The molecule has 2 aliphatic heterocycles. The molecule has 3 rings (SSSR count). The summed E-state index contributed by atoms with van der Waals surface area (Å²) in [6.45, 7) is 5.23. The number of ether oxygens (including phenoxy) is 1. The van der Waals surface area contributed by atoms with Crippen LogP contribution in [0.5, 0.6) is 5.75 Å². The molecule has 0 aromatic heterocycles. The van der Waals surface area contributed by atoms with Crippen molar-refractivity contribution >= 4 is 11.8 Å². The summed E-state index contributed by atoms with van der Waals surface area (Å²) in [5.41, 5.74) is 1.000. The Hall–Kier alpha value is -2.08. The van der Waals surface area contributed by atoms with Crippen LogP contribution in [0.1, 0.15) is 31.2 Å². The molecule has 0 spiro atoms. The Balaban J connectivity index is 1.42. The Morgan fingerprint density at radius 1 is 0.815 bits per heavy atom. The molecular weight excluding hydrogens is 342 g/mol. The molecule has 2 heterocycles. The van der Waals surface area contributed by atoms with Crippen molar-refractivity contribution in [2.24, 2.45) is 0 Å². The minimum atomic E-state index is 0.152. The van der Waals surface area contributed by atoms with E-state index >= 15 is 0 Å². The number of piperazine rings is 1. The predicted octanol–water partition coefficient (Wildman–Crippen LogP) is 1.78. The third-order valence-corrected chi connectivity index (χ3v) is 5.56. The van der Waals surface area contributed by atoms with Crippen LogP contribution in [0.2, 0.25) is 0 Å². The van der Waals surface area contributed by atoms with Gasteiger partial charge in [0.15, 0.2) is 0 Å². The Morgan fingerprint density at radius 2 is 1.41 bits per heavy atom. The van der Waals surface area contributed by atoms with Crippen molar-refractivity contribution in [2.45, 2.75) is 32.1 Å². The lowest BCUT2D eigenvalue weighted by Gasteiger charge is -2.35. The molecule has 6 heteroatoms. The van der Waals surface area contributed by atoms with Gasteiger partial charge in [-0.1, -0.05) is 25.0 Å². The first kappa shape index (κ1) is 19.7. The van der Waals surface area contributed by atoms with Gasteiger partial charge in [0.25, 0.3) is 0 Å². The fourth-order valence-corrected chi connectivity index (χ4v) is 3.80. The van der Waals surface area contributed by atoms with Crippen LogP contribution in [0, 0.1) is 0 Å². The van der Waals surface area contributed by atoms with Crippen molar-refractivity contribution in [1.29, 1.82) is 0 Å². The Morgan fingerprint density at radius 3 is 2.00 bits per heavy atom. The van der Waals surface area contributed by atoms with Crippen LogP contribution in [0.3, 0.4) is 0 Å².